The molecule has 136 valence electrons. The maximum atomic E-state index is 5.76. The van der Waals surface area contributed by atoms with Gasteiger partial charge in [-0.1, -0.05) is 0 Å². The Morgan fingerprint density at radius 2 is 2.25 bits per heavy atom. The first-order chi connectivity index (χ1) is 11.8. The maximum absolute atomic E-state index is 5.76. The summed E-state index contributed by atoms with van der Waals surface area (Å²) in [5.41, 5.74) is 0. The van der Waals surface area contributed by atoms with Crippen molar-refractivity contribution in [1.29, 1.82) is 0 Å². The van der Waals surface area contributed by atoms with Crippen molar-refractivity contribution in [2.24, 2.45) is 10.9 Å². The second kappa shape index (κ2) is 11.0. The van der Waals surface area contributed by atoms with Crippen LogP contribution in [-0.4, -0.2) is 60.7 Å². The first-order valence-corrected chi connectivity index (χ1v) is 8.80. The molecule has 0 bridgehead atoms. The van der Waals surface area contributed by atoms with E-state index in [9.17, 15) is 0 Å². The van der Waals surface area contributed by atoms with Gasteiger partial charge < -0.3 is 24.7 Å². The molecule has 0 aromatic carbocycles. The van der Waals surface area contributed by atoms with E-state index < -0.39 is 0 Å². The minimum atomic E-state index is 0.605. The molecular formula is C16H30N6O2. The van der Waals surface area contributed by atoms with Crippen LogP contribution < -0.4 is 10.6 Å². The molecule has 8 heteroatoms. The van der Waals surface area contributed by atoms with Crippen molar-refractivity contribution in [2.45, 2.75) is 39.3 Å². The Morgan fingerprint density at radius 1 is 1.42 bits per heavy atom. The summed E-state index contributed by atoms with van der Waals surface area (Å²) in [6.45, 7) is 7.74. The molecular weight excluding hydrogens is 308 g/mol. The lowest BCUT2D eigenvalue weighted by molar-refractivity contribution is 0.0203. The number of hydrogen-bond acceptors (Lipinski definition) is 5. The molecule has 2 heterocycles. The van der Waals surface area contributed by atoms with Crippen LogP contribution in [0.25, 0.3) is 0 Å². The summed E-state index contributed by atoms with van der Waals surface area (Å²) in [6.07, 6.45) is 4.94. The van der Waals surface area contributed by atoms with Crippen LogP contribution in [0, 0.1) is 5.92 Å². The van der Waals surface area contributed by atoms with Crippen molar-refractivity contribution in [3.63, 3.8) is 0 Å². The molecule has 0 spiro atoms. The number of aryl methyl sites for hydroxylation is 1. The van der Waals surface area contributed by atoms with Crippen molar-refractivity contribution in [3.05, 3.63) is 12.2 Å². The van der Waals surface area contributed by atoms with Crippen LogP contribution in [0.1, 0.15) is 32.0 Å². The zero-order valence-corrected chi connectivity index (χ0v) is 14.8. The standard InChI is InChI=1S/C16H30N6O2/c1-3-22-13-20-21-15(22)11-19-16(17-2)18-7-4-8-24-12-14-5-9-23-10-6-14/h13-14H,3-12H2,1-2H3,(H2,17,18,19). The zero-order valence-electron chi connectivity index (χ0n) is 14.8. The lowest BCUT2D eigenvalue weighted by atomic mass is 10.0. The van der Waals surface area contributed by atoms with Crippen LogP contribution in [0.5, 0.6) is 0 Å². The summed E-state index contributed by atoms with van der Waals surface area (Å²) < 4.78 is 13.1. The van der Waals surface area contributed by atoms with E-state index in [1.807, 2.05) is 4.57 Å². The number of rotatable bonds is 9. The van der Waals surface area contributed by atoms with Gasteiger partial charge in [0.2, 0.25) is 0 Å². The molecule has 1 aromatic rings. The Balaban J connectivity index is 1.53. The van der Waals surface area contributed by atoms with E-state index in [4.69, 9.17) is 9.47 Å². The summed E-state index contributed by atoms with van der Waals surface area (Å²) in [4.78, 5) is 4.22. The van der Waals surface area contributed by atoms with Gasteiger partial charge in [0, 0.05) is 46.6 Å². The Labute approximate surface area is 144 Å². The summed E-state index contributed by atoms with van der Waals surface area (Å²) in [7, 11) is 1.77. The van der Waals surface area contributed by atoms with Crippen molar-refractivity contribution in [2.75, 3.05) is 40.0 Å². The fourth-order valence-electron chi connectivity index (χ4n) is 2.61. The molecule has 0 aliphatic carbocycles. The molecule has 1 aliphatic rings. The van der Waals surface area contributed by atoms with Crippen LogP contribution in [0.3, 0.4) is 0 Å². The molecule has 1 aliphatic heterocycles. The highest BCUT2D eigenvalue weighted by molar-refractivity contribution is 5.79. The monoisotopic (exact) mass is 338 g/mol. The van der Waals surface area contributed by atoms with Crippen molar-refractivity contribution in [3.8, 4) is 0 Å². The van der Waals surface area contributed by atoms with Crippen LogP contribution in [0.15, 0.2) is 11.3 Å². The van der Waals surface area contributed by atoms with Gasteiger partial charge in [0.25, 0.3) is 0 Å². The topological polar surface area (TPSA) is 85.6 Å². The number of guanidine groups is 1. The predicted molar refractivity (Wildman–Crippen MR) is 92.9 cm³/mol. The lowest BCUT2D eigenvalue weighted by Gasteiger charge is -2.21. The van der Waals surface area contributed by atoms with Crippen LogP contribution in [-0.2, 0) is 22.6 Å². The molecule has 1 fully saturated rings. The summed E-state index contributed by atoms with van der Waals surface area (Å²) in [5.74, 6) is 2.34. The number of nitrogens with one attached hydrogen (secondary N) is 2. The third kappa shape index (κ3) is 6.45. The van der Waals surface area contributed by atoms with E-state index in [-0.39, 0.29) is 0 Å². The second-order valence-electron chi connectivity index (χ2n) is 5.87. The molecule has 24 heavy (non-hydrogen) atoms. The average Bonchev–Trinajstić information content (AvgIpc) is 3.09. The molecule has 1 saturated heterocycles. The highest BCUT2D eigenvalue weighted by Crippen LogP contribution is 2.14. The van der Waals surface area contributed by atoms with Crippen molar-refractivity contribution < 1.29 is 9.47 Å². The van der Waals surface area contributed by atoms with Gasteiger partial charge >= 0.3 is 0 Å². The quantitative estimate of drug-likeness (QED) is 0.393. The van der Waals surface area contributed by atoms with Crippen LogP contribution >= 0.6 is 0 Å². The van der Waals surface area contributed by atoms with Gasteiger partial charge in [-0.2, -0.15) is 0 Å². The number of ether oxygens (including phenoxy) is 2. The largest absolute Gasteiger partial charge is 0.381 e. The SMILES string of the molecule is CCn1cnnc1CNC(=NC)NCCCOCC1CCOCC1. The Bertz CT molecular complexity index is 485. The van der Waals surface area contributed by atoms with Gasteiger partial charge in [-0.25, -0.2) is 0 Å². The van der Waals surface area contributed by atoms with E-state index in [1.165, 1.54) is 0 Å². The fourth-order valence-corrected chi connectivity index (χ4v) is 2.61. The first kappa shape index (κ1) is 18.7. The summed E-state index contributed by atoms with van der Waals surface area (Å²) in [5, 5.41) is 14.6. The van der Waals surface area contributed by atoms with Gasteiger partial charge in [0.15, 0.2) is 11.8 Å². The minimum absolute atomic E-state index is 0.605. The fraction of sp³-hybridized carbons (Fsp3) is 0.812. The molecule has 0 radical (unpaired) electrons. The normalized spacial score (nSPS) is 16.3. The predicted octanol–water partition coefficient (Wildman–Crippen LogP) is 0.796. The van der Waals surface area contributed by atoms with E-state index in [0.29, 0.717) is 12.5 Å². The Kier molecular flexibility index (Phi) is 8.54. The van der Waals surface area contributed by atoms with Gasteiger partial charge in [-0.15, -0.1) is 10.2 Å². The van der Waals surface area contributed by atoms with Gasteiger partial charge in [-0.05, 0) is 32.1 Å². The average molecular weight is 338 g/mol. The highest BCUT2D eigenvalue weighted by atomic mass is 16.5. The number of aliphatic imine (C=N–C) groups is 1. The van der Waals surface area contributed by atoms with Gasteiger partial charge in [-0.3, -0.25) is 4.99 Å². The van der Waals surface area contributed by atoms with E-state index >= 15 is 0 Å². The smallest absolute Gasteiger partial charge is 0.191 e. The number of hydrogen-bond donors (Lipinski definition) is 2. The first-order valence-electron chi connectivity index (χ1n) is 8.80. The maximum Gasteiger partial charge on any atom is 0.191 e. The lowest BCUT2D eigenvalue weighted by Crippen LogP contribution is -2.38. The second-order valence-corrected chi connectivity index (χ2v) is 5.87. The molecule has 1 aromatic heterocycles. The van der Waals surface area contributed by atoms with Crippen LogP contribution in [0.4, 0.5) is 0 Å². The third-order valence-electron chi connectivity index (χ3n) is 4.13. The van der Waals surface area contributed by atoms with E-state index in [0.717, 1.165) is 70.6 Å². The van der Waals surface area contributed by atoms with Crippen molar-refractivity contribution in [1.82, 2.24) is 25.4 Å². The molecule has 8 nitrogen and oxygen atoms in total. The van der Waals surface area contributed by atoms with Gasteiger partial charge in [0.05, 0.1) is 6.54 Å². The third-order valence-corrected chi connectivity index (χ3v) is 4.13. The summed E-state index contributed by atoms with van der Waals surface area (Å²) in [6, 6.07) is 0. The van der Waals surface area contributed by atoms with Gasteiger partial charge in [0.1, 0.15) is 6.33 Å². The van der Waals surface area contributed by atoms with Crippen molar-refractivity contribution >= 4 is 5.96 Å². The highest BCUT2D eigenvalue weighted by Gasteiger charge is 2.13. The molecule has 2 rings (SSSR count). The molecule has 0 atom stereocenters. The Morgan fingerprint density at radius 3 is 3.00 bits per heavy atom. The zero-order chi connectivity index (χ0) is 17.0. The Hall–Kier alpha value is -1.67. The van der Waals surface area contributed by atoms with Crippen LogP contribution in [0.2, 0.25) is 0 Å². The molecule has 0 amide bonds. The number of aromatic nitrogens is 3. The minimum Gasteiger partial charge on any atom is -0.381 e. The number of nitrogens with zero attached hydrogens (tertiary/aromatic N) is 4. The summed E-state index contributed by atoms with van der Waals surface area (Å²) >= 11 is 0. The molecule has 2 N–H and O–H groups in total. The molecule has 0 saturated carbocycles. The van der Waals surface area contributed by atoms with E-state index in [1.54, 1.807) is 13.4 Å². The molecule has 0 unspecified atom stereocenters. The van der Waals surface area contributed by atoms with E-state index in [2.05, 4.69) is 32.7 Å².